The number of halogens is 1. The molecule has 1 heterocycles. The van der Waals surface area contributed by atoms with Gasteiger partial charge in [0.25, 0.3) is 5.91 Å². The number of aromatic nitrogens is 2. The van der Waals surface area contributed by atoms with E-state index in [9.17, 15) is 9.18 Å². The summed E-state index contributed by atoms with van der Waals surface area (Å²) >= 11 is 0. The van der Waals surface area contributed by atoms with Crippen LogP contribution in [0.3, 0.4) is 0 Å². The molecule has 2 unspecified atom stereocenters. The van der Waals surface area contributed by atoms with Gasteiger partial charge in [0.2, 0.25) is 0 Å². The van der Waals surface area contributed by atoms with Crippen LogP contribution < -0.4 is 11.1 Å². The van der Waals surface area contributed by atoms with Gasteiger partial charge in [-0.1, -0.05) is 13.8 Å². The highest BCUT2D eigenvalue weighted by Crippen LogP contribution is 2.39. The zero-order valence-corrected chi connectivity index (χ0v) is 13.5. The maximum atomic E-state index is 13.0. The Morgan fingerprint density at radius 2 is 2.04 bits per heavy atom. The first-order chi connectivity index (χ1) is 10.8. The van der Waals surface area contributed by atoms with Gasteiger partial charge in [-0.15, -0.1) is 0 Å². The molecule has 1 aliphatic carbocycles. The Kier molecular flexibility index (Phi) is 3.72. The number of hydrogen-bond acceptors (Lipinski definition) is 3. The lowest BCUT2D eigenvalue weighted by molar-refractivity contribution is 0.0582. The smallest absolute Gasteiger partial charge is 0.272 e. The normalized spacial score (nSPS) is 22.5. The summed E-state index contributed by atoms with van der Waals surface area (Å²) < 4.78 is 14.6. The number of benzene rings is 1. The predicted molar refractivity (Wildman–Crippen MR) is 85.9 cm³/mol. The lowest BCUT2D eigenvalue weighted by Crippen LogP contribution is -2.64. The molecule has 1 amide bonds. The van der Waals surface area contributed by atoms with Crippen molar-refractivity contribution in [3.8, 4) is 5.69 Å². The minimum absolute atomic E-state index is 0.0559. The molecular weight excluding hydrogens is 295 g/mol. The second-order valence-corrected chi connectivity index (χ2v) is 6.77. The minimum Gasteiger partial charge on any atom is -0.347 e. The second-order valence-electron chi connectivity index (χ2n) is 6.77. The Labute approximate surface area is 134 Å². The van der Waals surface area contributed by atoms with Gasteiger partial charge in [0.15, 0.2) is 5.69 Å². The van der Waals surface area contributed by atoms with E-state index in [0.29, 0.717) is 11.4 Å². The van der Waals surface area contributed by atoms with Gasteiger partial charge >= 0.3 is 0 Å². The minimum atomic E-state index is -0.306. The van der Waals surface area contributed by atoms with Gasteiger partial charge in [0, 0.05) is 29.3 Å². The molecule has 0 bridgehead atoms. The van der Waals surface area contributed by atoms with Crippen LogP contribution in [0, 0.1) is 18.2 Å². The maximum absolute atomic E-state index is 13.0. The molecule has 1 aliphatic rings. The highest BCUT2D eigenvalue weighted by Gasteiger charge is 2.46. The van der Waals surface area contributed by atoms with Crippen LogP contribution in [0.4, 0.5) is 4.39 Å². The number of nitrogens with two attached hydrogens (primary N) is 1. The quantitative estimate of drug-likeness (QED) is 0.911. The molecule has 1 saturated carbocycles. The third-order valence-electron chi connectivity index (χ3n) is 4.85. The third-order valence-corrected chi connectivity index (χ3v) is 4.85. The lowest BCUT2D eigenvalue weighted by atomic mass is 9.63. The molecule has 0 radical (unpaired) electrons. The summed E-state index contributed by atoms with van der Waals surface area (Å²) in [4.78, 5) is 12.5. The molecule has 1 fully saturated rings. The van der Waals surface area contributed by atoms with Gasteiger partial charge < -0.3 is 11.1 Å². The molecule has 122 valence electrons. The number of aryl methyl sites for hydroxylation is 1. The first-order valence-corrected chi connectivity index (χ1v) is 7.67. The molecule has 2 atom stereocenters. The SMILES string of the molecule is Cc1cn(-c2ccc(F)cc2)nc1C(=O)NC1CC(N)C1(C)C. The van der Waals surface area contributed by atoms with E-state index in [1.807, 2.05) is 6.92 Å². The molecule has 0 aliphatic heterocycles. The van der Waals surface area contributed by atoms with E-state index in [1.54, 1.807) is 23.0 Å². The van der Waals surface area contributed by atoms with Crippen LogP contribution in [0.5, 0.6) is 0 Å². The Morgan fingerprint density at radius 1 is 1.39 bits per heavy atom. The summed E-state index contributed by atoms with van der Waals surface area (Å²) in [6, 6.07) is 6.13. The Hall–Kier alpha value is -2.21. The van der Waals surface area contributed by atoms with Crippen LogP contribution in [-0.2, 0) is 0 Å². The van der Waals surface area contributed by atoms with Crippen molar-refractivity contribution in [1.82, 2.24) is 15.1 Å². The molecule has 1 aromatic heterocycles. The van der Waals surface area contributed by atoms with Crippen molar-refractivity contribution >= 4 is 5.91 Å². The number of amides is 1. The van der Waals surface area contributed by atoms with Gasteiger partial charge in [-0.2, -0.15) is 5.10 Å². The maximum Gasteiger partial charge on any atom is 0.272 e. The number of carbonyl (C=O) groups is 1. The molecule has 3 rings (SSSR count). The van der Waals surface area contributed by atoms with E-state index in [1.165, 1.54) is 12.1 Å². The molecule has 6 heteroatoms. The fourth-order valence-corrected chi connectivity index (χ4v) is 2.84. The van der Waals surface area contributed by atoms with E-state index < -0.39 is 0 Å². The van der Waals surface area contributed by atoms with Crippen molar-refractivity contribution < 1.29 is 9.18 Å². The summed E-state index contributed by atoms with van der Waals surface area (Å²) in [5.74, 6) is -0.507. The Bertz CT molecular complexity index is 736. The molecule has 0 saturated heterocycles. The fraction of sp³-hybridized carbons (Fsp3) is 0.412. The van der Waals surface area contributed by atoms with E-state index >= 15 is 0 Å². The van der Waals surface area contributed by atoms with Gasteiger partial charge in [-0.25, -0.2) is 9.07 Å². The molecule has 1 aromatic carbocycles. The van der Waals surface area contributed by atoms with Crippen LogP contribution in [0.15, 0.2) is 30.5 Å². The topological polar surface area (TPSA) is 72.9 Å². The summed E-state index contributed by atoms with van der Waals surface area (Å²) in [7, 11) is 0. The van der Waals surface area contributed by atoms with Crippen LogP contribution in [0.2, 0.25) is 0 Å². The molecule has 3 N–H and O–H groups in total. The van der Waals surface area contributed by atoms with E-state index in [2.05, 4.69) is 24.3 Å². The molecule has 2 aromatic rings. The zero-order chi connectivity index (χ0) is 16.8. The number of nitrogens with one attached hydrogen (secondary N) is 1. The van der Waals surface area contributed by atoms with Crippen molar-refractivity contribution in [2.24, 2.45) is 11.1 Å². The van der Waals surface area contributed by atoms with Crippen LogP contribution in [-0.4, -0.2) is 27.8 Å². The molecule has 0 spiro atoms. The summed E-state index contributed by atoms with van der Waals surface area (Å²) in [5.41, 5.74) is 7.73. The monoisotopic (exact) mass is 316 g/mol. The molecular formula is C17H21FN4O. The summed E-state index contributed by atoms with van der Waals surface area (Å²) in [5, 5.41) is 7.35. The average molecular weight is 316 g/mol. The summed E-state index contributed by atoms with van der Waals surface area (Å²) in [6.07, 6.45) is 2.54. The van der Waals surface area contributed by atoms with Crippen molar-refractivity contribution in [2.45, 2.75) is 39.3 Å². The van der Waals surface area contributed by atoms with Gasteiger partial charge in [0.05, 0.1) is 5.69 Å². The van der Waals surface area contributed by atoms with Crippen molar-refractivity contribution in [3.63, 3.8) is 0 Å². The second kappa shape index (κ2) is 5.45. The van der Waals surface area contributed by atoms with Gasteiger partial charge in [-0.3, -0.25) is 4.79 Å². The number of carbonyl (C=O) groups excluding carboxylic acids is 1. The van der Waals surface area contributed by atoms with Crippen molar-refractivity contribution in [1.29, 1.82) is 0 Å². The van der Waals surface area contributed by atoms with Crippen LogP contribution in [0.25, 0.3) is 5.69 Å². The number of hydrogen-bond donors (Lipinski definition) is 2. The van der Waals surface area contributed by atoms with Crippen molar-refractivity contribution in [3.05, 3.63) is 47.5 Å². The Morgan fingerprint density at radius 3 is 2.61 bits per heavy atom. The van der Waals surface area contributed by atoms with Crippen molar-refractivity contribution in [2.75, 3.05) is 0 Å². The van der Waals surface area contributed by atoms with E-state index in [-0.39, 0.29) is 29.2 Å². The highest BCUT2D eigenvalue weighted by molar-refractivity contribution is 5.94. The van der Waals surface area contributed by atoms with E-state index in [4.69, 9.17) is 5.73 Å². The predicted octanol–water partition coefficient (Wildman–Crippen LogP) is 2.18. The van der Waals surface area contributed by atoms with E-state index in [0.717, 1.165) is 12.0 Å². The largest absolute Gasteiger partial charge is 0.347 e. The highest BCUT2D eigenvalue weighted by atomic mass is 19.1. The first kappa shape index (κ1) is 15.7. The first-order valence-electron chi connectivity index (χ1n) is 7.67. The average Bonchev–Trinajstić information content (AvgIpc) is 2.89. The number of nitrogens with zero attached hydrogens (tertiary/aromatic N) is 2. The van der Waals surface area contributed by atoms with Crippen LogP contribution >= 0.6 is 0 Å². The summed E-state index contributed by atoms with van der Waals surface area (Å²) in [6.45, 7) is 5.94. The zero-order valence-electron chi connectivity index (χ0n) is 13.5. The standard InChI is InChI=1S/C17H21FN4O/c1-10-9-22(12-6-4-11(18)5-7-12)21-15(10)16(23)20-14-8-13(19)17(14,2)3/h4-7,9,13-14H,8,19H2,1-3H3,(H,20,23). The van der Waals surface area contributed by atoms with Gasteiger partial charge in [0.1, 0.15) is 5.82 Å². The molecule has 5 nitrogen and oxygen atoms in total. The Balaban J connectivity index is 1.78. The van der Waals surface area contributed by atoms with Crippen LogP contribution in [0.1, 0.15) is 36.3 Å². The van der Waals surface area contributed by atoms with Gasteiger partial charge in [-0.05, 0) is 37.6 Å². The fourth-order valence-electron chi connectivity index (χ4n) is 2.84. The number of rotatable bonds is 3. The third kappa shape index (κ3) is 2.74. The molecule has 23 heavy (non-hydrogen) atoms. The lowest BCUT2D eigenvalue weighted by Gasteiger charge is -2.50.